The number of hydrogen-bond acceptors (Lipinski definition) is 8. The Morgan fingerprint density at radius 2 is 1.83 bits per heavy atom. The summed E-state index contributed by atoms with van der Waals surface area (Å²) in [5.41, 5.74) is -0.328. The van der Waals surface area contributed by atoms with Crippen LogP contribution in [0, 0.1) is 11.8 Å². The Morgan fingerprint density at radius 1 is 1.14 bits per heavy atom. The molecule has 8 nitrogen and oxygen atoms in total. The molecule has 2 heterocycles. The summed E-state index contributed by atoms with van der Waals surface area (Å²) >= 11 is 0. The fourth-order valence-electron chi connectivity index (χ4n) is 4.11. The molecule has 0 N–H and O–H groups in total. The van der Waals surface area contributed by atoms with Crippen molar-refractivity contribution in [3.05, 3.63) is 42.6 Å². The molecule has 156 valence electrons. The Labute approximate surface area is 169 Å². The lowest BCUT2D eigenvalue weighted by Crippen LogP contribution is -2.68. The van der Waals surface area contributed by atoms with Gasteiger partial charge in [-0.05, 0) is 19.1 Å². The van der Waals surface area contributed by atoms with Gasteiger partial charge in [0.05, 0.1) is 7.11 Å². The van der Waals surface area contributed by atoms with E-state index in [1.54, 1.807) is 6.92 Å². The van der Waals surface area contributed by atoms with Crippen LogP contribution in [0.25, 0.3) is 0 Å². The summed E-state index contributed by atoms with van der Waals surface area (Å²) in [6.07, 6.45) is 2.07. The van der Waals surface area contributed by atoms with Crippen molar-refractivity contribution < 1.29 is 33.3 Å². The molecule has 0 radical (unpaired) electrons. The highest BCUT2D eigenvalue weighted by molar-refractivity contribution is 5.77. The van der Waals surface area contributed by atoms with E-state index in [2.05, 4.69) is 0 Å². The number of rotatable bonds is 5. The monoisotopic (exact) mass is 403 g/mol. The molecule has 0 amide bonds. The van der Waals surface area contributed by atoms with Gasteiger partial charge in [0.1, 0.15) is 24.7 Å². The number of hydrogen-bond donors (Lipinski definition) is 0. The number of para-hydroxylation sites is 1. The molecule has 2 bridgehead atoms. The third kappa shape index (κ3) is 3.98. The van der Waals surface area contributed by atoms with Crippen molar-refractivity contribution >= 4 is 23.6 Å². The van der Waals surface area contributed by atoms with E-state index in [4.69, 9.17) is 18.9 Å². The van der Waals surface area contributed by atoms with Crippen molar-refractivity contribution in [3.63, 3.8) is 0 Å². The Balaban J connectivity index is 2.07. The van der Waals surface area contributed by atoms with Crippen LogP contribution in [0.5, 0.6) is 0 Å². The highest BCUT2D eigenvalue weighted by atomic mass is 16.6. The van der Waals surface area contributed by atoms with Crippen LogP contribution in [0.1, 0.15) is 20.8 Å². The van der Waals surface area contributed by atoms with Crippen molar-refractivity contribution in [1.29, 1.82) is 0 Å². The second kappa shape index (κ2) is 8.24. The van der Waals surface area contributed by atoms with Crippen LogP contribution in [0.15, 0.2) is 42.6 Å². The number of methoxy groups -OCH3 is 1. The number of anilines is 1. The highest BCUT2D eigenvalue weighted by Gasteiger charge is 2.60. The fraction of sp³-hybridized carbons (Fsp3) is 0.476. The number of fused-ring (bicyclic) bond motifs is 2. The number of ether oxygens (including phenoxy) is 4. The fourth-order valence-corrected chi connectivity index (χ4v) is 4.11. The van der Waals surface area contributed by atoms with E-state index in [9.17, 15) is 14.4 Å². The van der Waals surface area contributed by atoms with Gasteiger partial charge in [0, 0.05) is 31.7 Å². The third-order valence-corrected chi connectivity index (χ3v) is 5.28. The molecule has 2 aliphatic heterocycles. The first kappa shape index (κ1) is 20.9. The minimum atomic E-state index is -1.14. The summed E-state index contributed by atoms with van der Waals surface area (Å²) in [5, 5.41) is 0. The number of benzene rings is 1. The molecule has 1 aromatic rings. The van der Waals surface area contributed by atoms with E-state index >= 15 is 0 Å². The summed E-state index contributed by atoms with van der Waals surface area (Å²) in [4.78, 5) is 37.7. The predicted molar refractivity (Wildman–Crippen MR) is 103 cm³/mol. The molecule has 1 aromatic carbocycles. The van der Waals surface area contributed by atoms with Crippen LogP contribution in [0.4, 0.5) is 5.69 Å². The molecule has 5 atom stereocenters. The van der Waals surface area contributed by atoms with Gasteiger partial charge in [-0.15, -0.1) is 0 Å². The van der Waals surface area contributed by atoms with Gasteiger partial charge in [0.2, 0.25) is 0 Å². The molecule has 0 spiro atoms. The van der Waals surface area contributed by atoms with Gasteiger partial charge < -0.3 is 23.8 Å². The average molecular weight is 403 g/mol. The first-order valence-electron chi connectivity index (χ1n) is 9.37. The Hall–Kier alpha value is -2.87. The normalized spacial score (nSPS) is 30.4. The van der Waals surface area contributed by atoms with Crippen LogP contribution in [0.2, 0.25) is 0 Å². The third-order valence-electron chi connectivity index (χ3n) is 5.28. The highest BCUT2D eigenvalue weighted by Crippen LogP contribution is 2.48. The second-order valence-electron chi connectivity index (χ2n) is 7.21. The maximum absolute atomic E-state index is 12.8. The molecular weight excluding hydrogens is 378 g/mol. The maximum Gasteiger partial charge on any atom is 0.314 e. The molecule has 8 heteroatoms. The number of carbonyl (C=O) groups is 3. The molecule has 1 fully saturated rings. The molecule has 0 aromatic heterocycles. The molecular formula is C21H25NO7. The lowest BCUT2D eigenvalue weighted by atomic mass is 9.73. The predicted octanol–water partition coefficient (Wildman–Crippen LogP) is 2.04. The van der Waals surface area contributed by atoms with E-state index in [1.165, 1.54) is 21.0 Å². The second-order valence-corrected chi connectivity index (χ2v) is 7.21. The molecule has 1 saturated heterocycles. The lowest BCUT2D eigenvalue weighted by Gasteiger charge is -2.56. The van der Waals surface area contributed by atoms with E-state index in [0.29, 0.717) is 0 Å². The summed E-state index contributed by atoms with van der Waals surface area (Å²) in [7, 11) is 1.31. The zero-order valence-electron chi connectivity index (χ0n) is 16.9. The van der Waals surface area contributed by atoms with Crippen molar-refractivity contribution in [3.8, 4) is 0 Å². The minimum Gasteiger partial charge on any atom is -0.469 e. The number of nitrogens with zero attached hydrogens (tertiary/aromatic N) is 1. The van der Waals surface area contributed by atoms with Gasteiger partial charge in [-0.1, -0.05) is 24.3 Å². The molecule has 3 rings (SSSR count). The lowest BCUT2D eigenvalue weighted by molar-refractivity contribution is -0.240. The van der Waals surface area contributed by atoms with Crippen LogP contribution in [0.3, 0.4) is 0 Å². The Morgan fingerprint density at radius 3 is 2.41 bits per heavy atom. The minimum absolute atomic E-state index is 0.107. The number of carbonyl (C=O) groups excluding carboxylic acids is 3. The Kier molecular flexibility index (Phi) is 5.93. The summed E-state index contributed by atoms with van der Waals surface area (Å²) in [6, 6.07) is 9.45. The van der Waals surface area contributed by atoms with Crippen LogP contribution >= 0.6 is 0 Å². The largest absolute Gasteiger partial charge is 0.469 e. The summed E-state index contributed by atoms with van der Waals surface area (Å²) in [5.74, 6) is -2.75. The van der Waals surface area contributed by atoms with Gasteiger partial charge >= 0.3 is 17.9 Å². The maximum atomic E-state index is 12.8. The van der Waals surface area contributed by atoms with Gasteiger partial charge in [-0.2, -0.15) is 0 Å². The quantitative estimate of drug-likeness (QED) is 0.545. The topological polar surface area (TPSA) is 91.4 Å². The zero-order chi connectivity index (χ0) is 21.2. The first-order valence-corrected chi connectivity index (χ1v) is 9.37. The molecule has 2 aliphatic rings. The standard InChI is InChI=1S/C21H25NO7/c1-13(23)27-12-17-19(28-14(2)24)16-10-11-22(15-8-6-5-7-9-15)21(3,29-17)18(16)20(25)26-4/h5-11,16-19H,12H2,1-4H3/t16-,17-,18+,19+,21-/m1/s1. The van der Waals surface area contributed by atoms with Gasteiger partial charge in [-0.25, -0.2) is 0 Å². The molecule has 29 heavy (non-hydrogen) atoms. The van der Waals surface area contributed by atoms with E-state index in [-0.39, 0.29) is 6.61 Å². The van der Waals surface area contributed by atoms with E-state index in [0.717, 1.165) is 5.69 Å². The van der Waals surface area contributed by atoms with Crippen molar-refractivity contribution in [2.24, 2.45) is 11.8 Å². The molecule has 0 aliphatic carbocycles. The molecule has 0 unspecified atom stereocenters. The summed E-state index contributed by atoms with van der Waals surface area (Å²) < 4.78 is 22.0. The van der Waals surface area contributed by atoms with Crippen LogP contribution in [-0.2, 0) is 33.3 Å². The van der Waals surface area contributed by atoms with Crippen LogP contribution in [-0.4, -0.2) is 49.6 Å². The number of esters is 3. The SMILES string of the molecule is COC(=O)[C@@H]1[C@H]2C=CN(c3ccccc3)[C@]1(C)O[C@H](COC(C)=O)[C@H]2OC(C)=O. The van der Waals surface area contributed by atoms with Crippen molar-refractivity contribution in [1.82, 2.24) is 0 Å². The van der Waals surface area contributed by atoms with Crippen LogP contribution < -0.4 is 4.90 Å². The van der Waals surface area contributed by atoms with Gasteiger partial charge in [0.25, 0.3) is 0 Å². The first-order chi connectivity index (χ1) is 13.8. The van der Waals surface area contributed by atoms with Gasteiger partial charge in [-0.3, -0.25) is 14.4 Å². The Bertz CT molecular complexity index is 809. The van der Waals surface area contributed by atoms with E-state index in [1.807, 2.05) is 47.5 Å². The molecule has 0 saturated carbocycles. The van der Waals surface area contributed by atoms with E-state index < -0.39 is 47.7 Å². The van der Waals surface area contributed by atoms with Crippen molar-refractivity contribution in [2.75, 3.05) is 18.6 Å². The van der Waals surface area contributed by atoms with Crippen molar-refractivity contribution in [2.45, 2.75) is 38.7 Å². The average Bonchev–Trinajstić information content (AvgIpc) is 2.68. The zero-order valence-corrected chi connectivity index (χ0v) is 16.9. The summed E-state index contributed by atoms with van der Waals surface area (Å²) in [6.45, 7) is 4.25. The van der Waals surface area contributed by atoms with Gasteiger partial charge in [0.15, 0.2) is 5.72 Å². The smallest absolute Gasteiger partial charge is 0.314 e.